The standard InChI is InChI=1S/C9H18N4.2H2O4S/c1-7-2-4-12-8(6-7)3-5-13-9(10)11;2*1-5(2,3)4/h2,8,12H,3-6H2,1H3,(H4,10,11,13);2*(H2,1,2,3,4). The monoisotopic (exact) mass is 378 g/mol. The van der Waals surface area contributed by atoms with E-state index in [1.807, 2.05) is 0 Å². The van der Waals surface area contributed by atoms with Gasteiger partial charge in [0.15, 0.2) is 5.96 Å². The van der Waals surface area contributed by atoms with Gasteiger partial charge >= 0.3 is 20.8 Å². The molecule has 1 rings (SSSR count). The molecular formula is C9H22N4O8S2. The van der Waals surface area contributed by atoms with Crippen molar-refractivity contribution in [1.82, 2.24) is 10.6 Å². The summed E-state index contributed by atoms with van der Waals surface area (Å²) >= 11 is 0. The molecule has 9 N–H and O–H groups in total. The zero-order valence-electron chi connectivity index (χ0n) is 12.3. The molecule has 0 fully saturated rings. The first-order valence-corrected chi connectivity index (χ1v) is 8.84. The fourth-order valence-corrected chi connectivity index (χ4v) is 1.53. The average molecular weight is 378 g/mol. The minimum absolute atomic E-state index is 0.0584. The Balaban J connectivity index is 0. The molecular weight excluding hydrogens is 356 g/mol. The third-order valence-corrected chi connectivity index (χ3v) is 2.23. The van der Waals surface area contributed by atoms with Gasteiger partial charge in [-0.2, -0.15) is 16.8 Å². The maximum Gasteiger partial charge on any atom is 0.394 e. The van der Waals surface area contributed by atoms with Crippen LogP contribution >= 0.6 is 0 Å². The van der Waals surface area contributed by atoms with Gasteiger partial charge in [0.2, 0.25) is 0 Å². The highest BCUT2D eigenvalue weighted by Crippen LogP contribution is 2.10. The van der Waals surface area contributed by atoms with Gasteiger partial charge in [-0.05, 0) is 19.8 Å². The van der Waals surface area contributed by atoms with Gasteiger partial charge in [-0.15, -0.1) is 0 Å². The van der Waals surface area contributed by atoms with Crippen LogP contribution in [0, 0.1) is 5.41 Å². The Kier molecular flexibility index (Phi) is 11.8. The van der Waals surface area contributed by atoms with Gasteiger partial charge in [-0.3, -0.25) is 23.6 Å². The van der Waals surface area contributed by atoms with Gasteiger partial charge in [-0.25, -0.2) is 0 Å². The van der Waals surface area contributed by atoms with E-state index in [1.54, 1.807) is 0 Å². The zero-order chi connectivity index (χ0) is 18.7. The summed E-state index contributed by atoms with van der Waals surface area (Å²) in [6.07, 6.45) is 4.35. The summed E-state index contributed by atoms with van der Waals surface area (Å²) in [5.41, 5.74) is 6.63. The van der Waals surface area contributed by atoms with Crippen molar-refractivity contribution in [3.05, 3.63) is 11.6 Å². The Labute approximate surface area is 134 Å². The minimum Gasteiger partial charge on any atom is -0.370 e. The highest BCUT2D eigenvalue weighted by Gasteiger charge is 2.11. The van der Waals surface area contributed by atoms with E-state index in [2.05, 4.69) is 23.6 Å². The molecule has 138 valence electrons. The molecule has 1 atom stereocenters. The average Bonchev–Trinajstić information content (AvgIpc) is 2.23. The Bertz CT molecular complexity index is 541. The normalized spacial score (nSPS) is 17.6. The van der Waals surface area contributed by atoms with Crippen LogP contribution in [0.1, 0.15) is 19.8 Å². The fraction of sp³-hybridized carbons (Fsp3) is 0.667. The smallest absolute Gasteiger partial charge is 0.370 e. The van der Waals surface area contributed by atoms with Gasteiger partial charge in [0.05, 0.1) is 0 Å². The molecule has 1 aliphatic rings. The molecule has 1 heterocycles. The molecule has 0 aromatic rings. The van der Waals surface area contributed by atoms with Crippen molar-refractivity contribution in [2.75, 3.05) is 13.1 Å². The number of nitrogens with one attached hydrogen (secondary N) is 3. The van der Waals surface area contributed by atoms with Crippen molar-refractivity contribution < 1.29 is 35.0 Å². The van der Waals surface area contributed by atoms with E-state index >= 15 is 0 Å². The first-order valence-electron chi connectivity index (χ1n) is 6.05. The number of rotatable bonds is 3. The lowest BCUT2D eigenvalue weighted by molar-refractivity contribution is 0.378. The van der Waals surface area contributed by atoms with E-state index in [9.17, 15) is 0 Å². The number of hydrogen-bond donors (Lipinski definition) is 8. The van der Waals surface area contributed by atoms with Crippen LogP contribution in [0.15, 0.2) is 11.6 Å². The second-order valence-corrected chi connectivity index (χ2v) is 6.18. The van der Waals surface area contributed by atoms with Gasteiger partial charge < -0.3 is 16.4 Å². The first-order chi connectivity index (χ1) is 10.2. The maximum atomic E-state index is 8.74. The van der Waals surface area contributed by atoms with Crippen LogP contribution in [0.5, 0.6) is 0 Å². The molecule has 0 bridgehead atoms. The second-order valence-electron chi connectivity index (χ2n) is 4.38. The van der Waals surface area contributed by atoms with E-state index in [1.165, 1.54) is 5.57 Å². The lowest BCUT2D eigenvalue weighted by Crippen LogP contribution is -2.38. The van der Waals surface area contributed by atoms with Crippen LogP contribution in [0.4, 0.5) is 0 Å². The summed E-state index contributed by atoms with van der Waals surface area (Å²) < 4.78 is 63.2. The van der Waals surface area contributed by atoms with Gasteiger partial charge in [0.1, 0.15) is 0 Å². The predicted molar refractivity (Wildman–Crippen MR) is 83.1 cm³/mol. The zero-order valence-corrected chi connectivity index (χ0v) is 13.9. The van der Waals surface area contributed by atoms with E-state index in [4.69, 9.17) is 46.2 Å². The highest BCUT2D eigenvalue weighted by molar-refractivity contribution is 7.80. The van der Waals surface area contributed by atoms with Crippen molar-refractivity contribution >= 4 is 26.8 Å². The maximum absolute atomic E-state index is 8.74. The summed E-state index contributed by atoms with van der Waals surface area (Å²) in [5, 5.41) is 13.2. The molecule has 0 aliphatic carbocycles. The van der Waals surface area contributed by atoms with E-state index in [0.717, 1.165) is 25.9 Å². The first kappa shape index (κ1) is 24.0. The molecule has 12 nitrogen and oxygen atoms in total. The van der Waals surface area contributed by atoms with E-state index in [0.29, 0.717) is 6.04 Å². The van der Waals surface area contributed by atoms with Crippen LogP contribution in [0.2, 0.25) is 0 Å². The molecule has 0 radical (unpaired) electrons. The second kappa shape index (κ2) is 11.3. The van der Waals surface area contributed by atoms with Crippen molar-refractivity contribution in [3.8, 4) is 0 Å². The number of hydrogen-bond acceptors (Lipinski definition) is 6. The SMILES string of the molecule is CC1=CCNC(CCNC(=N)N)C1.O=S(=O)(O)O.O=S(=O)(O)O. The Morgan fingerprint density at radius 3 is 2.09 bits per heavy atom. The Morgan fingerprint density at radius 1 is 1.30 bits per heavy atom. The lowest BCUT2D eigenvalue weighted by Gasteiger charge is -2.22. The largest absolute Gasteiger partial charge is 0.394 e. The highest BCUT2D eigenvalue weighted by atomic mass is 32.3. The van der Waals surface area contributed by atoms with Crippen LogP contribution in [0.3, 0.4) is 0 Å². The molecule has 0 aromatic heterocycles. The Hall–Kier alpha value is -1.29. The molecule has 23 heavy (non-hydrogen) atoms. The molecule has 0 saturated heterocycles. The molecule has 0 amide bonds. The molecule has 0 aromatic carbocycles. The topological polar surface area (TPSA) is 223 Å². The summed E-state index contributed by atoms with van der Waals surface area (Å²) in [4.78, 5) is 0. The van der Waals surface area contributed by atoms with Crippen LogP contribution in [0.25, 0.3) is 0 Å². The van der Waals surface area contributed by atoms with E-state index in [-0.39, 0.29) is 5.96 Å². The quantitative estimate of drug-likeness (QED) is 0.127. The van der Waals surface area contributed by atoms with Gasteiger partial charge in [0.25, 0.3) is 0 Å². The summed E-state index contributed by atoms with van der Waals surface area (Å²) in [5.74, 6) is 0.0584. The minimum atomic E-state index is -4.67. The molecule has 1 unspecified atom stereocenters. The summed E-state index contributed by atoms with van der Waals surface area (Å²) in [7, 11) is -9.33. The van der Waals surface area contributed by atoms with Crippen molar-refractivity contribution in [1.29, 1.82) is 5.41 Å². The fourth-order valence-electron chi connectivity index (χ4n) is 1.53. The molecule has 0 saturated carbocycles. The third-order valence-electron chi connectivity index (χ3n) is 2.23. The predicted octanol–water partition coefficient (Wildman–Crippen LogP) is -1.14. The van der Waals surface area contributed by atoms with Crippen molar-refractivity contribution in [3.63, 3.8) is 0 Å². The molecule has 1 aliphatic heterocycles. The van der Waals surface area contributed by atoms with Crippen LogP contribution in [-0.4, -0.2) is 60.1 Å². The summed E-state index contributed by atoms with van der Waals surface area (Å²) in [6, 6.07) is 0.539. The van der Waals surface area contributed by atoms with Crippen molar-refractivity contribution in [2.45, 2.75) is 25.8 Å². The molecule has 0 spiro atoms. The van der Waals surface area contributed by atoms with Crippen LogP contribution in [-0.2, 0) is 20.8 Å². The van der Waals surface area contributed by atoms with E-state index < -0.39 is 20.8 Å². The third kappa shape index (κ3) is 33.5. The lowest BCUT2D eigenvalue weighted by atomic mass is 10.0. The van der Waals surface area contributed by atoms with Crippen molar-refractivity contribution in [2.24, 2.45) is 5.73 Å². The number of nitrogens with two attached hydrogens (primary N) is 1. The summed E-state index contributed by atoms with van der Waals surface area (Å²) in [6.45, 7) is 3.91. The Morgan fingerprint density at radius 2 is 1.74 bits per heavy atom. The van der Waals surface area contributed by atoms with Crippen LogP contribution < -0.4 is 16.4 Å². The number of guanidine groups is 1. The van der Waals surface area contributed by atoms with Gasteiger partial charge in [-0.1, -0.05) is 11.6 Å². The van der Waals surface area contributed by atoms with Gasteiger partial charge in [0, 0.05) is 19.1 Å². The molecule has 14 heteroatoms.